The molecular weight excluding hydrogens is 549 g/mol. The van der Waals surface area contributed by atoms with Crippen LogP contribution >= 0.6 is 0 Å². The Morgan fingerprint density at radius 3 is 2.36 bits per heavy atom. The number of anilines is 2. The second kappa shape index (κ2) is 12.6. The summed E-state index contributed by atoms with van der Waals surface area (Å²) in [6, 6.07) is 17.2. The number of halogens is 3. The normalized spacial score (nSPS) is 11.5. The van der Waals surface area contributed by atoms with E-state index in [-0.39, 0.29) is 11.5 Å². The molecule has 0 unspecified atom stereocenters. The monoisotopic (exact) mass is 578 g/mol. The summed E-state index contributed by atoms with van der Waals surface area (Å²) in [7, 11) is 0. The molecule has 4 aromatic rings. The maximum atomic E-state index is 12.7. The molecule has 0 aliphatic carbocycles. The molecule has 0 fully saturated rings. The van der Waals surface area contributed by atoms with Crippen LogP contribution < -0.4 is 20.8 Å². The Bertz CT molecular complexity index is 1610. The molecule has 42 heavy (non-hydrogen) atoms. The number of aryl methyl sites for hydroxylation is 2. The van der Waals surface area contributed by atoms with E-state index < -0.39 is 24.1 Å². The highest BCUT2D eigenvalue weighted by Crippen LogP contribution is 2.25. The summed E-state index contributed by atoms with van der Waals surface area (Å²) in [5, 5.41) is 14.1. The Morgan fingerprint density at radius 1 is 0.976 bits per heavy atom. The van der Waals surface area contributed by atoms with Gasteiger partial charge in [-0.3, -0.25) is 4.79 Å². The van der Waals surface area contributed by atoms with E-state index in [0.29, 0.717) is 11.4 Å². The minimum atomic E-state index is -4.81. The standard InChI is InChI=1S/C30H29F3N6O3/c1-18(2)24-7-5-6-8-25(24)36-29(41)37-34-16-21-9-14-27(19(3)15-21)39-17-26(20(4)38-39)35-28(40)22-10-12-23(13-11-22)42-30(31,32)33/h5-18H,1-4H3,(H,35,40)(H2,36,37,41)/b34-16+. The Morgan fingerprint density at radius 2 is 1.69 bits per heavy atom. The minimum absolute atomic E-state index is 0.155. The average Bonchev–Trinajstić information content (AvgIpc) is 3.27. The molecule has 218 valence electrons. The van der Waals surface area contributed by atoms with Crippen LogP contribution in [0.3, 0.4) is 0 Å². The van der Waals surface area contributed by atoms with Crippen LogP contribution in [0.4, 0.5) is 29.3 Å². The van der Waals surface area contributed by atoms with E-state index >= 15 is 0 Å². The lowest BCUT2D eigenvalue weighted by atomic mass is 10.0. The van der Waals surface area contributed by atoms with Gasteiger partial charge in [-0.2, -0.15) is 10.2 Å². The van der Waals surface area contributed by atoms with Gasteiger partial charge >= 0.3 is 12.4 Å². The third-order valence-electron chi connectivity index (χ3n) is 6.18. The van der Waals surface area contributed by atoms with Gasteiger partial charge in [-0.1, -0.05) is 38.1 Å². The van der Waals surface area contributed by atoms with E-state index in [1.54, 1.807) is 23.9 Å². The molecule has 3 amide bonds. The van der Waals surface area contributed by atoms with Gasteiger partial charge in [0.05, 0.1) is 29.5 Å². The first-order chi connectivity index (χ1) is 19.9. The highest BCUT2D eigenvalue weighted by atomic mass is 19.4. The van der Waals surface area contributed by atoms with Gasteiger partial charge in [0.25, 0.3) is 5.91 Å². The van der Waals surface area contributed by atoms with E-state index in [1.807, 2.05) is 57.2 Å². The summed E-state index contributed by atoms with van der Waals surface area (Å²) < 4.78 is 42.6. The molecular formula is C30H29F3N6O3. The molecule has 12 heteroatoms. The van der Waals surface area contributed by atoms with Crippen molar-refractivity contribution < 1.29 is 27.5 Å². The van der Waals surface area contributed by atoms with Gasteiger partial charge in [-0.15, -0.1) is 13.2 Å². The summed E-state index contributed by atoms with van der Waals surface area (Å²) in [5.74, 6) is -0.679. The number of benzene rings is 3. The molecule has 4 rings (SSSR count). The number of hydrogen-bond donors (Lipinski definition) is 3. The first-order valence-corrected chi connectivity index (χ1v) is 12.9. The molecule has 0 aliphatic heterocycles. The van der Waals surface area contributed by atoms with Crippen LogP contribution in [0.2, 0.25) is 0 Å². The summed E-state index contributed by atoms with van der Waals surface area (Å²) >= 11 is 0. The zero-order chi connectivity index (χ0) is 30.4. The molecule has 1 aromatic heterocycles. The highest BCUT2D eigenvalue weighted by Gasteiger charge is 2.31. The van der Waals surface area contributed by atoms with Crippen LogP contribution in [-0.2, 0) is 0 Å². The molecule has 0 atom stereocenters. The third-order valence-corrected chi connectivity index (χ3v) is 6.18. The summed E-state index contributed by atoms with van der Waals surface area (Å²) in [6.45, 7) is 7.70. The van der Waals surface area contributed by atoms with Crippen molar-refractivity contribution in [2.24, 2.45) is 5.10 Å². The number of ether oxygens (including phenoxy) is 1. The third kappa shape index (κ3) is 7.74. The molecule has 1 heterocycles. The highest BCUT2D eigenvalue weighted by molar-refractivity contribution is 6.04. The fourth-order valence-electron chi connectivity index (χ4n) is 4.15. The number of alkyl halides is 3. The van der Waals surface area contributed by atoms with Crippen molar-refractivity contribution in [3.8, 4) is 11.4 Å². The maximum absolute atomic E-state index is 12.7. The number of amides is 3. The van der Waals surface area contributed by atoms with Gasteiger partial charge in [0, 0.05) is 11.3 Å². The predicted octanol–water partition coefficient (Wildman–Crippen LogP) is 6.92. The lowest BCUT2D eigenvalue weighted by Crippen LogP contribution is -2.24. The van der Waals surface area contributed by atoms with Crippen molar-refractivity contribution in [1.29, 1.82) is 0 Å². The van der Waals surface area contributed by atoms with Gasteiger partial charge < -0.3 is 15.4 Å². The van der Waals surface area contributed by atoms with Crippen LogP contribution in [0, 0.1) is 13.8 Å². The number of carbonyl (C=O) groups excluding carboxylic acids is 2. The fraction of sp³-hybridized carbons (Fsp3) is 0.200. The van der Waals surface area contributed by atoms with E-state index in [2.05, 4.69) is 31.0 Å². The minimum Gasteiger partial charge on any atom is -0.406 e. The first kappa shape index (κ1) is 29.8. The van der Waals surface area contributed by atoms with Gasteiger partial charge in [-0.25, -0.2) is 14.9 Å². The van der Waals surface area contributed by atoms with Crippen molar-refractivity contribution in [3.05, 3.63) is 101 Å². The summed E-state index contributed by atoms with van der Waals surface area (Å²) in [6.07, 6.45) is -1.65. The Hall–Kier alpha value is -5.13. The van der Waals surface area contributed by atoms with Crippen molar-refractivity contribution in [3.63, 3.8) is 0 Å². The summed E-state index contributed by atoms with van der Waals surface area (Å²) in [5.41, 5.74) is 7.70. The zero-order valence-electron chi connectivity index (χ0n) is 23.3. The average molecular weight is 579 g/mol. The van der Waals surface area contributed by atoms with Crippen molar-refractivity contribution in [2.75, 3.05) is 10.6 Å². The second-order valence-electron chi connectivity index (χ2n) is 9.71. The number of hydrogen-bond acceptors (Lipinski definition) is 5. The van der Waals surface area contributed by atoms with Crippen LogP contribution in [0.1, 0.15) is 52.5 Å². The van der Waals surface area contributed by atoms with Crippen LogP contribution in [0.15, 0.2) is 78.0 Å². The number of rotatable bonds is 8. The first-order valence-electron chi connectivity index (χ1n) is 12.9. The SMILES string of the molecule is Cc1cc(/C=N/NC(=O)Nc2ccccc2C(C)C)ccc1-n1cc(NC(=O)c2ccc(OC(F)(F)F)cc2)c(C)n1. The molecule has 0 aliphatic rings. The zero-order valence-corrected chi connectivity index (χ0v) is 23.3. The molecule has 3 N–H and O–H groups in total. The largest absolute Gasteiger partial charge is 0.573 e. The molecule has 0 spiro atoms. The van der Waals surface area contributed by atoms with Crippen molar-refractivity contribution >= 4 is 29.5 Å². The fourth-order valence-corrected chi connectivity index (χ4v) is 4.15. The maximum Gasteiger partial charge on any atom is 0.573 e. The van der Waals surface area contributed by atoms with E-state index in [9.17, 15) is 22.8 Å². The molecule has 0 saturated carbocycles. The Labute approximate surface area is 240 Å². The lowest BCUT2D eigenvalue weighted by Gasteiger charge is -2.13. The van der Waals surface area contributed by atoms with Gasteiger partial charge in [0.2, 0.25) is 0 Å². The van der Waals surface area contributed by atoms with Gasteiger partial charge in [-0.05, 0) is 78.9 Å². The number of hydrazone groups is 1. The van der Waals surface area contributed by atoms with E-state index in [0.717, 1.165) is 40.2 Å². The van der Waals surface area contributed by atoms with Crippen LogP contribution in [0.25, 0.3) is 5.69 Å². The number of aromatic nitrogens is 2. The molecule has 0 bridgehead atoms. The van der Waals surface area contributed by atoms with Crippen LogP contribution in [0.5, 0.6) is 5.75 Å². The number of para-hydroxylation sites is 1. The van der Waals surface area contributed by atoms with Gasteiger partial charge in [0.15, 0.2) is 0 Å². The molecule has 9 nitrogen and oxygen atoms in total. The number of carbonyl (C=O) groups is 2. The quantitative estimate of drug-likeness (QED) is 0.156. The second-order valence-corrected chi connectivity index (χ2v) is 9.71. The van der Waals surface area contributed by atoms with Crippen LogP contribution in [-0.4, -0.2) is 34.3 Å². The van der Waals surface area contributed by atoms with Crippen molar-refractivity contribution in [1.82, 2.24) is 15.2 Å². The Balaban J connectivity index is 1.38. The topological polar surface area (TPSA) is 110 Å². The molecule has 3 aromatic carbocycles. The number of urea groups is 1. The van der Waals surface area contributed by atoms with E-state index in [1.165, 1.54) is 18.3 Å². The van der Waals surface area contributed by atoms with E-state index in [4.69, 9.17) is 0 Å². The summed E-state index contributed by atoms with van der Waals surface area (Å²) in [4.78, 5) is 25.0. The smallest absolute Gasteiger partial charge is 0.406 e. The number of nitrogens with zero attached hydrogens (tertiary/aromatic N) is 3. The molecule has 0 saturated heterocycles. The Kier molecular flexibility index (Phi) is 8.94. The lowest BCUT2D eigenvalue weighted by molar-refractivity contribution is -0.274. The van der Waals surface area contributed by atoms with Gasteiger partial charge in [0.1, 0.15) is 5.75 Å². The number of nitrogens with one attached hydrogen (secondary N) is 3. The molecule has 0 radical (unpaired) electrons. The van der Waals surface area contributed by atoms with Crippen molar-refractivity contribution in [2.45, 2.75) is 40.0 Å². The predicted molar refractivity (Wildman–Crippen MR) is 154 cm³/mol.